The number of aliphatic carboxylic acids is 1. The molecule has 20 heavy (non-hydrogen) atoms. The van der Waals surface area contributed by atoms with Gasteiger partial charge in [-0.1, -0.05) is 0 Å². The number of methoxy groups -OCH3 is 1. The molecule has 1 atom stereocenters. The van der Waals surface area contributed by atoms with Gasteiger partial charge in [0.15, 0.2) is 11.9 Å². The van der Waals surface area contributed by atoms with E-state index in [1.54, 1.807) is 19.2 Å². The number of ketones is 1. The number of hydrogen-bond donors (Lipinski definition) is 1. The number of carboxylic acid groups (broad SMARTS) is 1. The number of hydrogen-bond acceptors (Lipinski definition) is 4. The van der Waals surface area contributed by atoms with Gasteiger partial charge < -0.3 is 14.6 Å². The Kier molecular flexibility index (Phi) is 4.27. The zero-order valence-corrected chi connectivity index (χ0v) is 11.6. The van der Waals surface area contributed by atoms with Crippen LogP contribution in [-0.2, 0) is 11.2 Å². The van der Waals surface area contributed by atoms with Gasteiger partial charge >= 0.3 is 5.97 Å². The van der Waals surface area contributed by atoms with Crippen molar-refractivity contribution in [2.45, 2.75) is 38.7 Å². The Morgan fingerprint density at radius 3 is 2.55 bits per heavy atom. The molecule has 0 saturated heterocycles. The molecule has 0 aromatic heterocycles. The number of carbonyl (C=O) groups excluding carboxylic acids is 1. The summed E-state index contributed by atoms with van der Waals surface area (Å²) in [5, 5.41) is 8.93. The van der Waals surface area contributed by atoms with E-state index in [1.807, 2.05) is 0 Å². The van der Waals surface area contributed by atoms with Crippen molar-refractivity contribution < 1.29 is 24.2 Å². The lowest BCUT2D eigenvalue weighted by molar-refractivity contribution is -0.144. The van der Waals surface area contributed by atoms with Crippen molar-refractivity contribution in [2.24, 2.45) is 0 Å². The van der Waals surface area contributed by atoms with Gasteiger partial charge in [0.1, 0.15) is 11.5 Å². The van der Waals surface area contributed by atoms with Crippen LogP contribution < -0.4 is 9.47 Å². The average molecular weight is 278 g/mol. The molecule has 0 fully saturated rings. The molecule has 0 saturated carbocycles. The molecular formula is C15H18O5. The van der Waals surface area contributed by atoms with Gasteiger partial charge in [-0.25, -0.2) is 4.79 Å². The molecule has 2 rings (SSSR count). The Hall–Kier alpha value is -2.04. The maximum absolute atomic E-state index is 12.3. The van der Waals surface area contributed by atoms with Crippen LogP contribution in [0, 0.1) is 0 Å². The van der Waals surface area contributed by atoms with Crippen LogP contribution in [0.25, 0.3) is 0 Å². The van der Waals surface area contributed by atoms with Gasteiger partial charge in [0.05, 0.1) is 12.7 Å². The van der Waals surface area contributed by atoms with Crippen molar-refractivity contribution in [3.8, 4) is 11.5 Å². The first-order valence-corrected chi connectivity index (χ1v) is 6.67. The van der Waals surface area contributed by atoms with E-state index >= 15 is 0 Å². The number of rotatable bonds is 4. The summed E-state index contributed by atoms with van der Waals surface area (Å²) in [7, 11) is 1.56. The zero-order chi connectivity index (χ0) is 14.7. The number of fused-ring (bicyclic) bond motifs is 1. The maximum atomic E-state index is 12.3. The van der Waals surface area contributed by atoms with E-state index in [9.17, 15) is 9.59 Å². The van der Waals surface area contributed by atoms with Crippen molar-refractivity contribution in [1.29, 1.82) is 0 Å². The fraction of sp³-hybridized carbons (Fsp3) is 0.467. The summed E-state index contributed by atoms with van der Waals surface area (Å²) in [4.78, 5) is 23.2. The quantitative estimate of drug-likeness (QED) is 0.856. The van der Waals surface area contributed by atoms with Crippen LogP contribution in [-0.4, -0.2) is 30.1 Å². The smallest absolute Gasteiger partial charge is 0.344 e. The second kappa shape index (κ2) is 5.94. The molecule has 5 nitrogen and oxygen atoms in total. The Morgan fingerprint density at radius 1 is 1.25 bits per heavy atom. The first-order chi connectivity index (χ1) is 9.54. The first kappa shape index (κ1) is 14.4. The van der Waals surface area contributed by atoms with Gasteiger partial charge in [-0.05, 0) is 38.3 Å². The number of benzene rings is 1. The molecule has 5 heteroatoms. The molecule has 0 amide bonds. The minimum Gasteiger partial charge on any atom is -0.496 e. The van der Waals surface area contributed by atoms with E-state index in [4.69, 9.17) is 14.6 Å². The van der Waals surface area contributed by atoms with E-state index in [1.165, 1.54) is 6.92 Å². The van der Waals surface area contributed by atoms with Crippen LogP contribution in [0.15, 0.2) is 12.1 Å². The van der Waals surface area contributed by atoms with Crippen LogP contribution in [0.5, 0.6) is 11.5 Å². The van der Waals surface area contributed by atoms with Gasteiger partial charge in [0.2, 0.25) is 0 Å². The summed E-state index contributed by atoms with van der Waals surface area (Å²) in [6.07, 6.45) is 1.93. The van der Waals surface area contributed by atoms with E-state index < -0.39 is 12.1 Å². The van der Waals surface area contributed by atoms with Crippen molar-refractivity contribution in [2.75, 3.05) is 7.11 Å². The van der Waals surface area contributed by atoms with Crippen LogP contribution in [0.3, 0.4) is 0 Å². The standard InChI is InChI=1S/C15H18O5/c1-9(15(17)18)20-13-8-7-12(19-2)10-5-3-4-6-11(16)14(10)13/h7-9H,3-6H2,1-2H3,(H,17,18). The third-order valence-electron chi connectivity index (χ3n) is 3.46. The third kappa shape index (κ3) is 2.76. The zero-order valence-electron chi connectivity index (χ0n) is 11.6. The van der Waals surface area contributed by atoms with Crippen LogP contribution >= 0.6 is 0 Å². The highest BCUT2D eigenvalue weighted by Gasteiger charge is 2.25. The van der Waals surface area contributed by atoms with E-state index in [2.05, 4.69) is 0 Å². The lowest BCUT2D eigenvalue weighted by Gasteiger charge is -2.17. The SMILES string of the molecule is COc1ccc(OC(C)C(=O)O)c2c1CCCCC2=O. The predicted octanol–water partition coefficient (Wildman–Crippen LogP) is 2.46. The fourth-order valence-electron chi connectivity index (χ4n) is 2.40. The number of carbonyl (C=O) groups is 2. The summed E-state index contributed by atoms with van der Waals surface area (Å²) < 4.78 is 10.7. The molecular weight excluding hydrogens is 260 g/mol. The Labute approximate surface area is 117 Å². The van der Waals surface area contributed by atoms with Gasteiger partial charge in [0, 0.05) is 12.0 Å². The van der Waals surface area contributed by atoms with Crippen molar-refractivity contribution in [3.05, 3.63) is 23.3 Å². The molecule has 1 aliphatic rings. The molecule has 0 heterocycles. The summed E-state index contributed by atoms with van der Waals surface area (Å²) in [6, 6.07) is 3.33. The molecule has 1 aromatic rings. The van der Waals surface area contributed by atoms with Crippen molar-refractivity contribution >= 4 is 11.8 Å². The van der Waals surface area contributed by atoms with Crippen LogP contribution in [0.2, 0.25) is 0 Å². The average Bonchev–Trinajstić information content (AvgIpc) is 2.61. The second-order valence-corrected chi connectivity index (χ2v) is 4.85. The number of Topliss-reactive ketones (excluding diaryl/α,β-unsaturated/α-hetero) is 1. The molecule has 0 spiro atoms. The third-order valence-corrected chi connectivity index (χ3v) is 3.46. The summed E-state index contributed by atoms with van der Waals surface area (Å²) in [5.74, 6) is -0.0761. The molecule has 0 radical (unpaired) electrons. The Bertz CT molecular complexity index is 535. The summed E-state index contributed by atoms with van der Waals surface area (Å²) >= 11 is 0. The summed E-state index contributed by atoms with van der Waals surface area (Å²) in [6.45, 7) is 1.44. The molecule has 1 unspecified atom stereocenters. The Morgan fingerprint density at radius 2 is 1.90 bits per heavy atom. The van der Waals surface area contributed by atoms with Gasteiger partial charge in [-0.3, -0.25) is 4.79 Å². The van der Waals surface area contributed by atoms with E-state index in [0.717, 1.165) is 24.8 Å². The monoisotopic (exact) mass is 278 g/mol. The molecule has 0 aliphatic heterocycles. The molecule has 1 N–H and O–H groups in total. The molecule has 0 bridgehead atoms. The van der Waals surface area contributed by atoms with E-state index in [0.29, 0.717) is 23.5 Å². The topological polar surface area (TPSA) is 72.8 Å². The van der Waals surface area contributed by atoms with Crippen LogP contribution in [0.4, 0.5) is 0 Å². The minimum atomic E-state index is -1.06. The summed E-state index contributed by atoms with van der Waals surface area (Å²) in [5.41, 5.74) is 1.31. The minimum absolute atomic E-state index is 0.0102. The molecule has 1 aliphatic carbocycles. The van der Waals surface area contributed by atoms with Crippen LogP contribution in [0.1, 0.15) is 42.1 Å². The highest BCUT2D eigenvalue weighted by atomic mass is 16.5. The number of ether oxygens (including phenoxy) is 2. The van der Waals surface area contributed by atoms with Crippen molar-refractivity contribution in [1.82, 2.24) is 0 Å². The normalized spacial score (nSPS) is 16.0. The lowest BCUT2D eigenvalue weighted by atomic mass is 9.99. The van der Waals surface area contributed by atoms with Crippen molar-refractivity contribution in [3.63, 3.8) is 0 Å². The van der Waals surface area contributed by atoms with Gasteiger partial charge in [-0.2, -0.15) is 0 Å². The Balaban J connectivity index is 2.48. The molecule has 1 aromatic carbocycles. The maximum Gasteiger partial charge on any atom is 0.344 e. The largest absolute Gasteiger partial charge is 0.496 e. The predicted molar refractivity (Wildman–Crippen MR) is 72.6 cm³/mol. The first-order valence-electron chi connectivity index (χ1n) is 6.67. The lowest BCUT2D eigenvalue weighted by Crippen LogP contribution is -2.24. The van der Waals surface area contributed by atoms with Gasteiger partial charge in [-0.15, -0.1) is 0 Å². The highest BCUT2D eigenvalue weighted by molar-refractivity contribution is 6.01. The highest BCUT2D eigenvalue weighted by Crippen LogP contribution is 2.35. The second-order valence-electron chi connectivity index (χ2n) is 4.85. The van der Waals surface area contributed by atoms with E-state index in [-0.39, 0.29) is 5.78 Å². The fourth-order valence-corrected chi connectivity index (χ4v) is 2.40. The number of carboxylic acids is 1. The van der Waals surface area contributed by atoms with Gasteiger partial charge in [0.25, 0.3) is 0 Å². The molecule has 108 valence electrons.